The van der Waals surface area contributed by atoms with E-state index in [9.17, 15) is 4.79 Å². The zero-order valence-electron chi connectivity index (χ0n) is 21.3. The number of aromatic nitrogens is 2. The highest BCUT2D eigenvalue weighted by atomic mass is 35.5. The minimum absolute atomic E-state index is 0.0612. The Hall–Kier alpha value is -2.71. The van der Waals surface area contributed by atoms with Gasteiger partial charge in [-0.2, -0.15) is 0 Å². The molecule has 1 aromatic carbocycles. The number of carbonyl (C=O) groups excluding carboxylic acids is 1. The number of benzene rings is 1. The predicted molar refractivity (Wildman–Crippen MR) is 138 cm³/mol. The number of hydrogen-bond donors (Lipinski definition) is 3. The van der Waals surface area contributed by atoms with Gasteiger partial charge in [0.15, 0.2) is 5.96 Å². The van der Waals surface area contributed by atoms with Crippen molar-refractivity contribution in [2.75, 3.05) is 11.9 Å². The molecule has 1 aromatic heterocycles. The van der Waals surface area contributed by atoms with Crippen LogP contribution in [-0.4, -0.2) is 45.0 Å². The molecular formula is C26H35ClN6O2. The van der Waals surface area contributed by atoms with Gasteiger partial charge in [0, 0.05) is 18.1 Å². The van der Waals surface area contributed by atoms with Crippen molar-refractivity contribution in [3.63, 3.8) is 0 Å². The fourth-order valence-corrected chi connectivity index (χ4v) is 5.20. The number of nitrogens with one attached hydrogen (secondary N) is 3. The number of anilines is 2. The van der Waals surface area contributed by atoms with Gasteiger partial charge in [-0.25, -0.2) is 4.98 Å². The van der Waals surface area contributed by atoms with Gasteiger partial charge in [0.25, 0.3) is 0 Å². The third-order valence-electron chi connectivity index (χ3n) is 6.72. The summed E-state index contributed by atoms with van der Waals surface area (Å²) in [6.07, 6.45) is 5.04. The van der Waals surface area contributed by atoms with Crippen LogP contribution in [0.2, 0.25) is 5.02 Å². The summed E-state index contributed by atoms with van der Waals surface area (Å²) in [6, 6.07) is 5.58. The van der Waals surface area contributed by atoms with Gasteiger partial charge in [0.1, 0.15) is 5.82 Å². The molecule has 2 aromatic rings. The van der Waals surface area contributed by atoms with Crippen molar-refractivity contribution in [2.45, 2.75) is 83.4 Å². The molecular weight excluding hydrogens is 464 g/mol. The van der Waals surface area contributed by atoms with Crippen molar-refractivity contribution in [2.24, 2.45) is 0 Å². The molecule has 0 unspecified atom stereocenters. The summed E-state index contributed by atoms with van der Waals surface area (Å²) in [7, 11) is 0. The average Bonchev–Trinajstić information content (AvgIpc) is 2.73. The van der Waals surface area contributed by atoms with Crippen LogP contribution in [0.15, 0.2) is 30.6 Å². The Kier molecular flexibility index (Phi) is 6.57. The molecule has 2 saturated heterocycles. The summed E-state index contributed by atoms with van der Waals surface area (Å²) in [6.45, 7) is 12.8. The van der Waals surface area contributed by atoms with E-state index in [1.807, 2.05) is 39.0 Å². The number of amides is 1. The molecule has 0 radical (unpaired) electrons. The normalized spacial score (nSPS) is 24.8. The molecule has 1 amide bonds. The molecule has 35 heavy (non-hydrogen) atoms. The average molecular weight is 499 g/mol. The third-order valence-corrected chi connectivity index (χ3v) is 7.13. The first-order valence-electron chi connectivity index (χ1n) is 12.0. The molecule has 188 valence electrons. The lowest BCUT2D eigenvalue weighted by atomic mass is 9.84. The summed E-state index contributed by atoms with van der Waals surface area (Å²) in [5.41, 5.74) is 1.08. The van der Waals surface area contributed by atoms with Gasteiger partial charge in [-0.15, -0.1) is 0 Å². The first-order valence-corrected chi connectivity index (χ1v) is 12.4. The summed E-state index contributed by atoms with van der Waals surface area (Å²) in [4.78, 5) is 23.9. The van der Waals surface area contributed by atoms with E-state index in [1.165, 1.54) is 0 Å². The van der Waals surface area contributed by atoms with Crippen molar-refractivity contribution in [3.8, 4) is 0 Å². The third kappa shape index (κ3) is 5.28. The topological polar surface area (TPSA) is 103 Å². The summed E-state index contributed by atoms with van der Waals surface area (Å²) < 4.78 is 5.81. The van der Waals surface area contributed by atoms with Crippen LogP contribution in [0.5, 0.6) is 0 Å². The maximum absolute atomic E-state index is 13.3. The molecule has 8 nitrogen and oxygen atoms in total. The maximum atomic E-state index is 13.3. The predicted octanol–water partition coefficient (Wildman–Crippen LogP) is 5.10. The van der Waals surface area contributed by atoms with E-state index in [0.717, 1.165) is 11.3 Å². The van der Waals surface area contributed by atoms with Gasteiger partial charge in [-0.05, 0) is 45.2 Å². The molecule has 0 aliphatic carbocycles. The quantitative estimate of drug-likeness (QED) is 0.541. The molecule has 4 rings (SSSR count). The number of hydrogen-bond acceptors (Lipinski definition) is 6. The highest BCUT2D eigenvalue weighted by Crippen LogP contribution is 2.39. The van der Waals surface area contributed by atoms with Gasteiger partial charge in [-0.1, -0.05) is 44.5 Å². The van der Waals surface area contributed by atoms with Gasteiger partial charge in [-0.3, -0.25) is 20.1 Å². The fraction of sp³-hybridized carbons (Fsp3) is 0.538. The van der Waals surface area contributed by atoms with Crippen molar-refractivity contribution >= 4 is 35.0 Å². The van der Waals surface area contributed by atoms with Crippen LogP contribution in [0.3, 0.4) is 0 Å². The molecule has 0 bridgehead atoms. The minimum Gasteiger partial charge on any atom is -0.375 e. The van der Waals surface area contributed by atoms with E-state index >= 15 is 0 Å². The lowest BCUT2D eigenvalue weighted by molar-refractivity contribution is -0.137. The summed E-state index contributed by atoms with van der Waals surface area (Å²) in [5, 5.41) is 15.7. The molecule has 3 heterocycles. The Morgan fingerprint density at radius 1 is 1.23 bits per heavy atom. The lowest BCUT2D eigenvalue weighted by Crippen LogP contribution is -2.63. The Balaban J connectivity index is 1.55. The first kappa shape index (κ1) is 25.4. The molecule has 2 atom stereocenters. The molecule has 2 aliphatic rings. The molecule has 2 fully saturated rings. The second-order valence-corrected chi connectivity index (χ2v) is 11.7. The monoisotopic (exact) mass is 498 g/mol. The van der Waals surface area contributed by atoms with Gasteiger partial charge in [0.2, 0.25) is 5.91 Å². The molecule has 0 spiro atoms. The van der Waals surface area contributed by atoms with Crippen LogP contribution in [0, 0.1) is 5.41 Å². The van der Waals surface area contributed by atoms with Crippen LogP contribution < -0.4 is 10.6 Å². The number of ether oxygens (including phenoxy) is 1. The number of halogens is 1. The van der Waals surface area contributed by atoms with Crippen molar-refractivity contribution in [3.05, 3.63) is 46.9 Å². The highest BCUT2D eigenvalue weighted by Gasteiger charge is 2.45. The Labute approximate surface area is 212 Å². The van der Waals surface area contributed by atoms with Gasteiger partial charge < -0.3 is 15.4 Å². The van der Waals surface area contributed by atoms with E-state index in [1.54, 1.807) is 17.3 Å². The zero-order chi connectivity index (χ0) is 25.6. The second-order valence-electron chi connectivity index (χ2n) is 11.3. The smallest absolute Gasteiger partial charge is 0.232 e. The number of carbonyl (C=O) groups is 1. The SMILES string of the molecule is CC1(C)C[C@H](N2C(=N)N[C@](C)(c3cccc(Nc4cnc(C(C)(C)C)cn4)c3Cl)CC2=O)CCO1. The zero-order valence-corrected chi connectivity index (χ0v) is 22.1. The second kappa shape index (κ2) is 9.06. The molecule has 9 heteroatoms. The Morgan fingerprint density at radius 3 is 2.57 bits per heavy atom. The van der Waals surface area contributed by atoms with Crippen molar-refractivity contribution in [1.29, 1.82) is 5.41 Å². The number of guanidine groups is 1. The standard InChI is InChI=1S/C26H35ClN6O2/c1-24(2,3)19-14-30-20(15-29-19)31-18-9-7-8-17(22(18)27)26(6)13-21(34)33(23(28)32-26)16-10-11-35-25(4,5)12-16/h7-9,14-16H,10-13H2,1-6H3,(H2,28,32)(H,30,31)/t16-,26+/m1/s1. The Morgan fingerprint density at radius 2 is 1.97 bits per heavy atom. The molecule has 0 saturated carbocycles. The maximum Gasteiger partial charge on any atom is 0.232 e. The van der Waals surface area contributed by atoms with E-state index in [2.05, 4.69) is 41.4 Å². The van der Waals surface area contributed by atoms with Gasteiger partial charge in [0.05, 0.1) is 46.4 Å². The van der Waals surface area contributed by atoms with Crippen molar-refractivity contribution in [1.82, 2.24) is 20.2 Å². The Bertz CT molecular complexity index is 1110. The molecule has 2 aliphatic heterocycles. The van der Waals surface area contributed by atoms with Crippen LogP contribution >= 0.6 is 11.6 Å². The van der Waals surface area contributed by atoms with Crippen LogP contribution in [0.1, 0.15) is 72.1 Å². The van der Waals surface area contributed by atoms with Crippen molar-refractivity contribution < 1.29 is 9.53 Å². The van der Waals surface area contributed by atoms with E-state index in [4.69, 9.17) is 21.7 Å². The van der Waals surface area contributed by atoms with E-state index in [-0.39, 0.29) is 35.3 Å². The fourth-order valence-electron chi connectivity index (χ4n) is 4.82. The van der Waals surface area contributed by atoms with Crippen LogP contribution in [0.25, 0.3) is 0 Å². The van der Waals surface area contributed by atoms with Gasteiger partial charge >= 0.3 is 0 Å². The number of nitrogens with zero attached hydrogens (tertiary/aromatic N) is 3. The molecule has 3 N–H and O–H groups in total. The van der Waals surface area contributed by atoms with Crippen LogP contribution in [0.4, 0.5) is 11.5 Å². The largest absolute Gasteiger partial charge is 0.375 e. The summed E-state index contributed by atoms with van der Waals surface area (Å²) >= 11 is 6.84. The highest BCUT2D eigenvalue weighted by molar-refractivity contribution is 6.34. The first-order chi connectivity index (χ1) is 16.3. The van der Waals surface area contributed by atoms with E-state index < -0.39 is 5.54 Å². The summed E-state index contributed by atoms with van der Waals surface area (Å²) in [5.74, 6) is 0.595. The minimum atomic E-state index is -0.818. The number of rotatable bonds is 4. The lowest BCUT2D eigenvalue weighted by Gasteiger charge is -2.47. The van der Waals surface area contributed by atoms with E-state index in [0.29, 0.717) is 36.0 Å². The van der Waals surface area contributed by atoms with Crippen LogP contribution in [-0.2, 0) is 20.5 Å².